The second kappa shape index (κ2) is 7.63. The van der Waals surface area contributed by atoms with Crippen LogP contribution in [0, 0.1) is 0 Å². The molecule has 3 aliphatic carbocycles. The van der Waals surface area contributed by atoms with Crippen molar-refractivity contribution in [3.8, 4) is 5.75 Å². The monoisotopic (exact) mass is 486 g/mol. The van der Waals surface area contributed by atoms with Gasteiger partial charge in [0.1, 0.15) is 17.5 Å². The summed E-state index contributed by atoms with van der Waals surface area (Å²) in [5.41, 5.74) is -8.21. The van der Waals surface area contributed by atoms with Crippen LogP contribution in [0.15, 0.2) is 41.5 Å². The number of phenolic OH excluding ortho intramolecular Hbond substituents is 1. The Bertz CT molecular complexity index is 1210. The normalized spacial score (nSPS) is 40.9. The molecule has 7 atom stereocenters. The Hall–Kier alpha value is -2.73. The summed E-state index contributed by atoms with van der Waals surface area (Å²) in [6.45, 7) is 2.76. The highest BCUT2D eigenvalue weighted by atomic mass is 16.7. The number of aliphatic hydroxyl groups is 4. The van der Waals surface area contributed by atoms with Gasteiger partial charge < -0.3 is 35.0 Å². The van der Waals surface area contributed by atoms with Gasteiger partial charge in [0, 0.05) is 24.0 Å². The predicted molar refractivity (Wildman–Crippen MR) is 118 cm³/mol. The first-order valence-corrected chi connectivity index (χ1v) is 11.4. The van der Waals surface area contributed by atoms with E-state index in [1.165, 1.54) is 31.2 Å². The van der Waals surface area contributed by atoms with Gasteiger partial charge in [0.25, 0.3) is 0 Å². The molecule has 4 aliphatic rings. The third-order valence-corrected chi connectivity index (χ3v) is 7.47. The van der Waals surface area contributed by atoms with Crippen LogP contribution in [0.1, 0.15) is 53.8 Å². The molecule has 1 saturated heterocycles. The molecule has 0 spiro atoms. The van der Waals surface area contributed by atoms with E-state index >= 15 is 0 Å². The minimum atomic E-state index is -2.60. The summed E-state index contributed by atoms with van der Waals surface area (Å²) in [6.07, 6.45) is -2.75. The van der Waals surface area contributed by atoms with E-state index in [-0.39, 0.29) is 29.5 Å². The smallest absolute Gasteiger partial charge is 0.204 e. The van der Waals surface area contributed by atoms with Gasteiger partial charge in [-0.15, -0.1) is 0 Å². The summed E-state index contributed by atoms with van der Waals surface area (Å²) >= 11 is 0. The molecule has 1 saturated carbocycles. The van der Waals surface area contributed by atoms with Crippen molar-refractivity contribution in [3.63, 3.8) is 0 Å². The number of phenols is 1. The summed E-state index contributed by atoms with van der Waals surface area (Å²) in [5.74, 6) is -3.24. The van der Waals surface area contributed by atoms with Crippen LogP contribution in [0.25, 0.3) is 0 Å². The van der Waals surface area contributed by atoms with Crippen LogP contribution in [0.3, 0.4) is 0 Å². The number of Topliss-reactive ketones (excluding diaryl/α,β-unsaturated/α-hetero) is 3. The Morgan fingerprint density at radius 1 is 1.09 bits per heavy atom. The molecule has 1 aromatic rings. The first-order valence-electron chi connectivity index (χ1n) is 11.4. The molecular formula is C25H26O10. The maximum atomic E-state index is 13.8. The van der Waals surface area contributed by atoms with Gasteiger partial charge in [-0.3, -0.25) is 14.4 Å². The van der Waals surface area contributed by atoms with E-state index in [9.17, 15) is 39.9 Å². The predicted octanol–water partition coefficient (Wildman–Crippen LogP) is 0.0947. The SMILES string of the molecule is C[C@H]1O[C@@H](O[C@@]23C(=O)[C@@H](O)[C@](C)(O)C[C@]2(O)C=CC2=C3C(=O)c3cccc(O)c3C2=O)CC[C@H]1O. The molecule has 10 heteroatoms. The van der Waals surface area contributed by atoms with Gasteiger partial charge in [0.05, 0.1) is 28.9 Å². The van der Waals surface area contributed by atoms with Crippen molar-refractivity contribution in [2.75, 3.05) is 0 Å². The van der Waals surface area contributed by atoms with E-state index in [1.807, 2.05) is 0 Å². The van der Waals surface area contributed by atoms with E-state index < -0.39 is 76.5 Å². The largest absolute Gasteiger partial charge is 0.507 e. The molecule has 35 heavy (non-hydrogen) atoms. The van der Waals surface area contributed by atoms with Crippen LogP contribution in [0.5, 0.6) is 5.75 Å². The number of benzene rings is 1. The van der Waals surface area contributed by atoms with Crippen LogP contribution in [0.2, 0.25) is 0 Å². The number of fused-ring (bicyclic) bond motifs is 3. The molecule has 0 amide bonds. The highest BCUT2D eigenvalue weighted by Gasteiger charge is 2.71. The number of hydrogen-bond donors (Lipinski definition) is 5. The van der Waals surface area contributed by atoms with Crippen LogP contribution in [-0.4, -0.2) is 84.3 Å². The number of carbonyl (C=O) groups excluding carboxylic acids is 3. The van der Waals surface area contributed by atoms with Gasteiger partial charge in [0.2, 0.25) is 5.78 Å². The Balaban J connectivity index is 1.74. The topological polar surface area (TPSA) is 171 Å². The molecule has 5 rings (SSSR count). The number of ether oxygens (including phenoxy) is 2. The fourth-order valence-corrected chi connectivity index (χ4v) is 5.62. The van der Waals surface area contributed by atoms with Crippen molar-refractivity contribution in [1.29, 1.82) is 0 Å². The quantitative estimate of drug-likeness (QED) is 0.386. The molecule has 0 radical (unpaired) electrons. The molecule has 1 heterocycles. The second-order valence-corrected chi connectivity index (χ2v) is 9.92. The van der Waals surface area contributed by atoms with Crippen molar-refractivity contribution in [2.24, 2.45) is 0 Å². The highest BCUT2D eigenvalue weighted by molar-refractivity contribution is 6.32. The van der Waals surface area contributed by atoms with E-state index in [2.05, 4.69) is 0 Å². The van der Waals surface area contributed by atoms with Crippen LogP contribution < -0.4 is 0 Å². The van der Waals surface area contributed by atoms with Crippen molar-refractivity contribution in [3.05, 3.63) is 52.6 Å². The molecular weight excluding hydrogens is 460 g/mol. The zero-order valence-corrected chi connectivity index (χ0v) is 19.1. The van der Waals surface area contributed by atoms with Gasteiger partial charge in [-0.05, 0) is 32.4 Å². The number of aliphatic hydroxyl groups excluding tert-OH is 2. The molecule has 2 fully saturated rings. The first kappa shape index (κ1) is 24.0. The number of carbonyl (C=O) groups is 3. The van der Waals surface area contributed by atoms with E-state index in [4.69, 9.17) is 9.47 Å². The van der Waals surface area contributed by atoms with Crippen LogP contribution in [0.4, 0.5) is 0 Å². The standard InChI is InChI=1S/C25H26O10/c1-11-14(26)6-7-16(34-11)35-25-18-13(19(28)17-12(20(18)29)4-3-5-15(17)27)8-9-24(25,33)10-23(2,32)21(30)22(25)31/h3-5,8-9,11,14,16,21,26-27,30,32-33H,6-7,10H2,1-2H3/t11-,14-,16+,21-,23-,24-,25+/m1/s1. The minimum Gasteiger partial charge on any atom is -0.507 e. The zero-order valence-electron chi connectivity index (χ0n) is 19.1. The molecule has 186 valence electrons. The third kappa shape index (κ3) is 3.15. The van der Waals surface area contributed by atoms with Crippen LogP contribution in [-0.2, 0) is 14.3 Å². The van der Waals surface area contributed by atoms with Gasteiger partial charge in [-0.2, -0.15) is 0 Å². The maximum Gasteiger partial charge on any atom is 0.204 e. The lowest BCUT2D eigenvalue weighted by atomic mass is 9.56. The fraction of sp³-hybridized carbons (Fsp3) is 0.480. The Morgan fingerprint density at radius 2 is 1.80 bits per heavy atom. The summed E-state index contributed by atoms with van der Waals surface area (Å²) in [5, 5.41) is 53.6. The van der Waals surface area contributed by atoms with Gasteiger partial charge >= 0.3 is 0 Å². The molecule has 1 aliphatic heterocycles. The Kier molecular flexibility index (Phi) is 5.23. The lowest BCUT2D eigenvalue weighted by Gasteiger charge is -2.56. The maximum absolute atomic E-state index is 13.8. The summed E-state index contributed by atoms with van der Waals surface area (Å²) < 4.78 is 11.8. The summed E-state index contributed by atoms with van der Waals surface area (Å²) in [6, 6.07) is 3.92. The lowest BCUT2D eigenvalue weighted by Crippen LogP contribution is -2.75. The van der Waals surface area contributed by atoms with Crippen LogP contribution >= 0.6 is 0 Å². The highest BCUT2D eigenvalue weighted by Crippen LogP contribution is 2.54. The van der Waals surface area contributed by atoms with Crippen molar-refractivity contribution >= 4 is 17.3 Å². The number of hydrogen-bond acceptors (Lipinski definition) is 10. The number of allylic oxidation sites excluding steroid dienone is 2. The van der Waals surface area contributed by atoms with E-state index in [1.54, 1.807) is 6.92 Å². The van der Waals surface area contributed by atoms with Gasteiger partial charge in [-0.25, -0.2) is 0 Å². The number of ketones is 3. The molecule has 5 N–H and O–H groups in total. The van der Waals surface area contributed by atoms with Crippen molar-refractivity contribution in [1.82, 2.24) is 0 Å². The molecule has 1 aromatic carbocycles. The number of aromatic hydroxyl groups is 1. The molecule has 0 aromatic heterocycles. The summed E-state index contributed by atoms with van der Waals surface area (Å²) in [7, 11) is 0. The third-order valence-electron chi connectivity index (χ3n) is 7.47. The van der Waals surface area contributed by atoms with Crippen molar-refractivity contribution in [2.45, 2.75) is 74.5 Å². The van der Waals surface area contributed by atoms with E-state index in [0.717, 1.165) is 6.08 Å². The first-order chi connectivity index (χ1) is 16.3. The summed E-state index contributed by atoms with van der Waals surface area (Å²) in [4.78, 5) is 41.0. The Labute approximate surface area is 200 Å². The molecule has 0 bridgehead atoms. The van der Waals surface area contributed by atoms with Gasteiger partial charge in [0.15, 0.2) is 23.5 Å². The van der Waals surface area contributed by atoms with Gasteiger partial charge in [-0.1, -0.05) is 18.2 Å². The fourth-order valence-electron chi connectivity index (χ4n) is 5.62. The number of rotatable bonds is 2. The molecule has 0 unspecified atom stereocenters. The Morgan fingerprint density at radius 3 is 2.49 bits per heavy atom. The molecule has 10 nitrogen and oxygen atoms in total. The minimum absolute atomic E-state index is 0.0922. The van der Waals surface area contributed by atoms with Crippen molar-refractivity contribution < 1.29 is 49.4 Å². The van der Waals surface area contributed by atoms with E-state index in [0.29, 0.717) is 0 Å². The average molecular weight is 486 g/mol. The second-order valence-electron chi connectivity index (χ2n) is 9.92. The zero-order chi connectivity index (χ0) is 25.5. The average Bonchev–Trinajstić information content (AvgIpc) is 2.79. The lowest BCUT2D eigenvalue weighted by molar-refractivity contribution is -0.289.